The van der Waals surface area contributed by atoms with Crippen molar-refractivity contribution in [1.82, 2.24) is 19.2 Å². The van der Waals surface area contributed by atoms with Crippen molar-refractivity contribution >= 4 is 11.6 Å². The number of likely N-dealkylation sites (N-methyl/N-ethyl adjacent to an activating group) is 1. The molecule has 5 heteroatoms. The second-order valence-corrected chi connectivity index (χ2v) is 5.81. The minimum absolute atomic E-state index is 0.123. The van der Waals surface area contributed by atoms with Crippen molar-refractivity contribution in [2.24, 2.45) is 0 Å². The molecule has 118 valence electrons. The van der Waals surface area contributed by atoms with Gasteiger partial charge in [0.15, 0.2) is 0 Å². The number of carbonyl (C=O) groups is 1. The van der Waals surface area contributed by atoms with E-state index in [9.17, 15) is 4.79 Å². The summed E-state index contributed by atoms with van der Waals surface area (Å²) in [5.74, 6) is 0.123. The predicted molar refractivity (Wildman–Crippen MR) is 87.2 cm³/mol. The van der Waals surface area contributed by atoms with Crippen molar-refractivity contribution in [2.75, 3.05) is 32.7 Å². The molecular formula is C17H24N4O. The zero-order valence-corrected chi connectivity index (χ0v) is 13.5. The first-order chi connectivity index (χ1) is 10.7. The molecule has 0 bridgehead atoms. The lowest BCUT2D eigenvalue weighted by Crippen LogP contribution is -2.48. The normalized spacial score (nSPS) is 16.4. The summed E-state index contributed by atoms with van der Waals surface area (Å²) in [6.07, 6.45) is 3.78. The van der Waals surface area contributed by atoms with Crippen molar-refractivity contribution in [2.45, 2.75) is 26.7 Å². The van der Waals surface area contributed by atoms with Gasteiger partial charge < -0.3 is 9.80 Å². The van der Waals surface area contributed by atoms with Gasteiger partial charge in [-0.25, -0.2) is 4.98 Å². The molecule has 3 rings (SSSR count). The Kier molecular flexibility index (Phi) is 4.43. The molecule has 1 saturated heterocycles. The Morgan fingerprint density at radius 1 is 1.18 bits per heavy atom. The third-order valence-electron chi connectivity index (χ3n) is 4.40. The van der Waals surface area contributed by atoms with E-state index >= 15 is 0 Å². The van der Waals surface area contributed by atoms with E-state index in [0.717, 1.165) is 62.6 Å². The average molecular weight is 300 g/mol. The van der Waals surface area contributed by atoms with Gasteiger partial charge in [-0.2, -0.15) is 0 Å². The monoisotopic (exact) mass is 300 g/mol. The van der Waals surface area contributed by atoms with Crippen LogP contribution in [0.15, 0.2) is 24.4 Å². The molecule has 0 saturated carbocycles. The maximum Gasteiger partial charge on any atom is 0.272 e. The lowest BCUT2D eigenvalue weighted by Gasteiger charge is -2.34. The Morgan fingerprint density at radius 2 is 1.95 bits per heavy atom. The molecule has 2 aromatic heterocycles. The number of imidazole rings is 1. The highest BCUT2D eigenvalue weighted by molar-refractivity contribution is 5.94. The summed E-state index contributed by atoms with van der Waals surface area (Å²) in [7, 11) is 0. The van der Waals surface area contributed by atoms with E-state index < -0.39 is 0 Å². The highest BCUT2D eigenvalue weighted by Crippen LogP contribution is 2.17. The van der Waals surface area contributed by atoms with E-state index in [-0.39, 0.29) is 5.91 Å². The van der Waals surface area contributed by atoms with Gasteiger partial charge in [0.2, 0.25) is 0 Å². The molecule has 1 aliphatic rings. The standard InChI is InChI=1S/C17H24N4O/c1-3-7-14-16(21-9-6-5-8-15(21)18-14)17(22)20-12-10-19(4-2)11-13-20/h5-6,8-9H,3-4,7,10-13H2,1-2H3. The zero-order valence-electron chi connectivity index (χ0n) is 13.5. The van der Waals surface area contributed by atoms with Crippen molar-refractivity contribution < 1.29 is 4.79 Å². The van der Waals surface area contributed by atoms with Gasteiger partial charge in [-0.3, -0.25) is 9.20 Å². The Balaban J connectivity index is 1.91. The first kappa shape index (κ1) is 15.0. The minimum atomic E-state index is 0.123. The highest BCUT2D eigenvalue weighted by atomic mass is 16.2. The second-order valence-electron chi connectivity index (χ2n) is 5.81. The number of aryl methyl sites for hydroxylation is 1. The lowest BCUT2D eigenvalue weighted by atomic mass is 10.2. The Hall–Kier alpha value is -1.88. The summed E-state index contributed by atoms with van der Waals surface area (Å²) in [6, 6.07) is 5.88. The third-order valence-corrected chi connectivity index (χ3v) is 4.40. The minimum Gasteiger partial charge on any atom is -0.335 e. The van der Waals surface area contributed by atoms with Gasteiger partial charge in [-0.05, 0) is 25.1 Å². The summed E-state index contributed by atoms with van der Waals surface area (Å²) in [5, 5.41) is 0. The number of nitrogens with zero attached hydrogens (tertiary/aromatic N) is 4. The van der Waals surface area contributed by atoms with Crippen LogP contribution in [0.25, 0.3) is 5.65 Å². The molecule has 0 aliphatic carbocycles. The summed E-state index contributed by atoms with van der Waals surface area (Å²) >= 11 is 0. The summed E-state index contributed by atoms with van der Waals surface area (Å²) < 4.78 is 1.94. The number of hydrogen-bond acceptors (Lipinski definition) is 3. The maximum atomic E-state index is 13.0. The van der Waals surface area contributed by atoms with Crippen molar-refractivity contribution in [3.05, 3.63) is 35.8 Å². The largest absolute Gasteiger partial charge is 0.335 e. The van der Waals surface area contributed by atoms with Crippen molar-refractivity contribution in [3.8, 4) is 0 Å². The SMILES string of the molecule is CCCc1nc2ccccn2c1C(=O)N1CCN(CC)CC1. The van der Waals surface area contributed by atoms with Gasteiger partial charge in [0, 0.05) is 32.4 Å². The molecule has 0 N–H and O–H groups in total. The molecule has 0 atom stereocenters. The van der Waals surface area contributed by atoms with Gasteiger partial charge in [0.05, 0.1) is 5.69 Å². The number of piperazine rings is 1. The fourth-order valence-electron chi connectivity index (χ4n) is 3.10. The third kappa shape index (κ3) is 2.73. The molecule has 0 spiro atoms. The smallest absolute Gasteiger partial charge is 0.272 e. The van der Waals surface area contributed by atoms with E-state index in [2.05, 4.69) is 23.7 Å². The number of rotatable bonds is 4. The van der Waals surface area contributed by atoms with E-state index in [1.807, 2.05) is 33.7 Å². The molecule has 22 heavy (non-hydrogen) atoms. The van der Waals surface area contributed by atoms with E-state index in [4.69, 9.17) is 0 Å². The Bertz CT molecular complexity index is 656. The zero-order chi connectivity index (χ0) is 15.5. The fourth-order valence-corrected chi connectivity index (χ4v) is 3.10. The number of aromatic nitrogens is 2. The topological polar surface area (TPSA) is 40.9 Å². The van der Waals surface area contributed by atoms with E-state index in [1.54, 1.807) is 0 Å². The van der Waals surface area contributed by atoms with Crippen LogP contribution in [0.3, 0.4) is 0 Å². The molecule has 5 nitrogen and oxygen atoms in total. The van der Waals surface area contributed by atoms with Crippen LogP contribution >= 0.6 is 0 Å². The number of carbonyl (C=O) groups excluding carboxylic acids is 1. The maximum absolute atomic E-state index is 13.0. The van der Waals surface area contributed by atoms with Gasteiger partial charge >= 0.3 is 0 Å². The fraction of sp³-hybridized carbons (Fsp3) is 0.529. The van der Waals surface area contributed by atoms with Crippen LogP contribution in [-0.4, -0.2) is 57.8 Å². The van der Waals surface area contributed by atoms with Gasteiger partial charge in [0.1, 0.15) is 11.3 Å². The molecule has 1 fully saturated rings. The van der Waals surface area contributed by atoms with E-state index in [1.165, 1.54) is 0 Å². The van der Waals surface area contributed by atoms with Crippen LogP contribution in [0.2, 0.25) is 0 Å². The van der Waals surface area contributed by atoms with Crippen LogP contribution in [0, 0.1) is 0 Å². The van der Waals surface area contributed by atoms with Crippen molar-refractivity contribution in [3.63, 3.8) is 0 Å². The Labute approximate surface area is 131 Å². The van der Waals surface area contributed by atoms with Crippen molar-refractivity contribution in [1.29, 1.82) is 0 Å². The number of fused-ring (bicyclic) bond motifs is 1. The molecule has 1 aliphatic heterocycles. The van der Waals surface area contributed by atoms with Crippen LogP contribution in [0.4, 0.5) is 0 Å². The predicted octanol–water partition coefficient (Wildman–Crippen LogP) is 2.06. The molecule has 0 unspecified atom stereocenters. The van der Waals surface area contributed by atoms with Gasteiger partial charge in [-0.1, -0.05) is 26.3 Å². The number of hydrogen-bond donors (Lipinski definition) is 0. The summed E-state index contributed by atoms with van der Waals surface area (Å²) in [6.45, 7) is 8.87. The quantitative estimate of drug-likeness (QED) is 0.868. The molecule has 2 aromatic rings. The molecular weight excluding hydrogens is 276 g/mol. The summed E-state index contributed by atoms with van der Waals surface area (Å²) in [5.41, 5.74) is 2.54. The van der Waals surface area contributed by atoms with Gasteiger partial charge in [-0.15, -0.1) is 0 Å². The lowest BCUT2D eigenvalue weighted by molar-refractivity contribution is 0.0635. The molecule has 0 radical (unpaired) electrons. The Morgan fingerprint density at radius 3 is 2.64 bits per heavy atom. The van der Waals surface area contributed by atoms with Crippen LogP contribution in [0.1, 0.15) is 36.5 Å². The van der Waals surface area contributed by atoms with E-state index in [0.29, 0.717) is 0 Å². The first-order valence-electron chi connectivity index (χ1n) is 8.22. The molecule has 3 heterocycles. The van der Waals surface area contributed by atoms with Crippen LogP contribution < -0.4 is 0 Å². The number of pyridine rings is 1. The first-order valence-corrected chi connectivity index (χ1v) is 8.22. The van der Waals surface area contributed by atoms with Crippen LogP contribution in [-0.2, 0) is 6.42 Å². The number of amides is 1. The molecule has 1 amide bonds. The second kappa shape index (κ2) is 6.48. The van der Waals surface area contributed by atoms with Gasteiger partial charge in [0.25, 0.3) is 5.91 Å². The summed E-state index contributed by atoms with van der Waals surface area (Å²) in [4.78, 5) is 22.0. The molecule has 0 aromatic carbocycles. The average Bonchev–Trinajstić information content (AvgIpc) is 2.92. The highest BCUT2D eigenvalue weighted by Gasteiger charge is 2.26. The van der Waals surface area contributed by atoms with Crippen LogP contribution in [0.5, 0.6) is 0 Å².